The van der Waals surface area contributed by atoms with Crippen LogP contribution in [0.1, 0.15) is 12.0 Å². The van der Waals surface area contributed by atoms with Gasteiger partial charge in [0.05, 0.1) is 0 Å². The van der Waals surface area contributed by atoms with Crippen LogP contribution in [0.5, 0.6) is 0 Å². The van der Waals surface area contributed by atoms with Crippen LogP contribution in [0.4, 0.5) is 0 Å². The average molecular weight is 269 g/mol. The van der Waals surface area contributed by atoms with Crippen molar-refractivity contribution in [1.29, 1.82) is 0 Å². The highest BCUT2D eigenvalue weighted by atomic mass is 32.2. The number of nitrogens with two attached hydrogens (primary N) is 1. The van der Waals surface area contributed by atoms with E-state index in [2.05, 4.69) is 0 Å². The molecule has 6 heteroatoms. The maximum atomic E-state index is 12.3. The van der Waals surface area contributed by atoms with Gasteiger partial charge in [0.15, 0.2) is 0 Å². The molecule has 1 fully saturated rings. The summed E-state index contributed by atoms with van der Waals surface area (Å²) < 4.78 is 27.4. The first-order chi connectivity index (χ1) is 8.50. The lowest BCUT2D eigenvalue weighted by Crippen LogP contribution is -2.41. The molecule has 0 amide bonds. The molecule has 0 spiro atoms. The van der Waals surface area contributed by atoms with Crippen molar-refractivity contribution in [1.82, 2.24) is 8.61 Å². The molecule has 0 aliphatic carbocycles. The van der Waals surface area contributed by atoms with Crippen LogP contribution >= 0.6 is 0 Å². The van der Waals surface area contributed by atoms with Crippen molar-refractivity contribution in [2.24, 2.45) is 5.73 Å². The third kappa shape index (κ3) is 2.89. The van der Waals surface area contributed by atoms with Gasteiger partial charge >= 0.3 is 0 Å². The van der Waals surface area contributed by atoms with E-state index in [0.717, 1.165) is 12.0 Å². The summed E-state index contributed by atoms with van der Waals surface area (Å²) in [6.45, 7) is 1.32. The summed E-state index contributed by atoms with van der Waals surface area (Å²) in [5, 5.41) is 0. The van der Waals surface area contributed by atoms with E-state index >= 15 is 0 Å². The first-order valence-electron chi connectivity index (χ1n) is 6.01. The van der Waals surface area contributed by atoms with Gasteiger partial charge in [-0.15, -0.1) is 0 Å². The van der Waals surface area contributed by atoms with E-state index in [4.69, 9.17) is 5.73 Å². The van der Waals surface area contributed by atoms with Crippen molar-refractivity contribution >= 4 is 10.2 Å². The average Bonchev–Trinajstić information content (AvgIpc) is 2.78. The Morgan fingerprint density at radius 3 is 2.61 bits per heavy atom. The Hall–Kier alpha value is -0.950. The van der Waals surface area contributed by atoms with Gasteiger partial charge in [-0.05, 0) is 12.0 Å². The Morgan fingerprint density at radius 1 is 1.39 bits per heavy atom. The molecule has 1 atom stereocenters. The van der Waals surface area contributed by atoms with Crippen LogP contribution in [0, 0.1) is 0 Å². The Balaban J connectivity index is 2.06. The van der Waals surface area contributed by atoms with E-state index in [1.54, 1.807) is 7.05 Å². The van der Waals surface area contributed by atoms with Gasteiger partial charge in [-0.2, -0.15) is 17.0 Å². The Labute approximate surface area is 108 Å². The van der Waals surface area contributed by atoms with Gasteiger partial charge in [0.25, 0.3) is 10.2 Å². The summed E-state index contributed by atoms with van der Waals surface area (Å²) in [4.78, 5) is 0. The van der Waals surface area contributed by atoms with Gasteiger partial charge in [0.1, 0.15) is 0 Å². The zero-order chi connectivity index (χ0) is 13.2. The minimum absolute atomic E-state index is 0.0371. The molecular formula is C12H19N3O2S. The fourth-order valence-electron chi connectivity index (χ4n) is 2.08. The number of rotatable bonds is 4. The molecule has 2 N–H and O–H groups in total. The number of hydrogen-bond donors (Lipinski definition) is 1. The molecule has 1 aliphatic heterocycles. The lowest BCUT2D eigenvalue weighted by atomic mass is 10.2. The second kappa shape index (κ2) is 5.36. The molecule has 0 saturated carbocycles. The van der Waals surface area contributed by atoms with Crippen molar-refractivity contribution in [2.45, 2.75) is 19.0 Å². The third-order valence-electron chi connectivity index (χ3n) is 3.16. The summed E-state index contributed by atoms with van der Waals surface area (Å²) >= 11 is 0. The predicted octanol–water partition coefficient (Wildman–Crippen LogP) is 0.396. The number of benzene rings is 1. The zero-order valence-corrected chi connectivity index (χ0v) is 11.3. The van der Waals surface area contributed by atoms with E-state index in [1.807, 2.05) is 30.3 Å². The topological polar surface area (TPSA) is 66.6 Å². The third-order valence-corrected chi connectivity index (χ3v) is 5.06. The highest BCUT2D eigenvalue weighted by molar-refractivity contribution is 7.86. The van der Waals surface area contributed by atoms with Crippen LogP contribution in [-0.4, -0.2) is 43.2 Å². The molecule has 1 aliphatic rings. The van der Waals surface area contributed by atoms with Crippen LogP contribution in [0.25, 0.3) is 0 Å². The molecule has 100 valence electrons. The van der Waals surface area contributed by atoms with Crippen molar-refractivity contribution in [2.75, 3.05) is 20.1 Å². The van der Waals surface area contributed by atoms with Gasteiger partial charge in [0.2, 0.25) is 0 Å². The lowest BCUT2D eigenvalue weighted by Gasteiger charge is -2.23. The highest BCUT2D eigenvalue weighted by Gasteiger charge is 2.32. The van der Waals surface area contributed by atoms with Gasteiger partial charge in [-0.3, -0.25) is 0 Å². The quantitative estimate of drug-likeness (QED) is 0.860. The van der Waals surface area contributed by atoms with Gasteiger partial charge in [-0.25, -0.2) is 0 Å². The van der Waals surface area contributed by atoms with Crippen molar-refractivity contribution in [3.8, 4) is 0 Å². The second-order valence-electron chi connectivity index (χ2n) is 4.66. The molecule has 5 nitrogen and oxygen atoms in total. The Morgan fingerprint density at radius 2 is 2.06 bits per heavy atom. The number of hydrogen-bond acceptors (Lipinski definition) is 3. The van der Waals surface area contributed by atoms with E-state index < -0.39 is 10.2 Å². The summed E-state index contributed by atoms with van der Waals surface area (Å²) in [5.41, 5.74) is 6.73. The largest absolute Gasteiger partial charge is 0.326 e. The molecular weight excluding hydrogens is 250 g/mol. The molecule has 0 aromatic heterocycles. The number of nitrogens with zero attached hydrogens (tertiary/aromatic N) is 2. The molecule has 1 aromatic rings. The monoisotopic (exact) mass is 269 g/mol. The SMILES string of the molecule is CN(Cc1ccccc1)S(=O)(=O)N1CC[C@@H](N)C1. The minimum atomic E-state index is -3.38. The van der Waals surface area contributed by atoms with Crippen LogP contribution in [0.15, 0.2) is 30.3 Å². The molecule has 1 heterocycles. The van der Waals surface area contributed by atoms with Gasteiger partial charge < -0.3 is 5.73 Å². The maximum absolute atomic E-state index is 12.3. The van der Waals surface area contributed by atoms with Gasteiger partial charge in [0, 0.05) is 32.7 Å². The van der Waals surface area contributed by atoms with Crippen LogP contribution < -0.4 is 5.73 Å². The van der Waals surface area contributed by atoms with E-state index in [1.165, 1.54) is 8.61 Å². The van der Waals surface area contributed by atoms with Crippen LogP contribution in [-0.2, 0) is 16.8 Å². The first kappa shape index (κ1) is 13.5. The van der Waals surface area contributed by atoms with Crippen molar-refractivity contribution < 1.29 is 8.42 Å². The Bertz CT molecular complexity index is 489. The zero-order valence-electron chi connectivity index (χ0n) is 10.5. The normalized spacial score (nSPS) is 21.6. The molecule has 1 saturated heterocycles. The maximum Gasteiger partial charge on any atom is 0.282 e. The fourth-order valence-corrected chi connectivity index (χ4v) is 3.51. The standard InChI is InChI=1S/C12H19N3O2S/c1-14(9-11-5-3-2-4-6-11)18(16,17)15-8-7-12(13)10-15/h2-6,12H,7-10,13H2,1H3/t12-/m1/s1. The summed E-state index contributed by atoms with van der Waals surface area (Å²) in [7, 11) is -1.78. The van der Waals surface area contributed by atoms with Crippen LogP contribution in [0.2, 0.25) is 0 Å². The van der Waals surface area contributed by atoms with E-state index in [-0.39, 0.29) is 6.04 Å². The van der Waals surface area contributed by atoms with Gasteiger partial charge in [-0.1, -0.05) is 30.3 Å². The van der Waals surface area contributed by atoms with Crippen LogP contribution in [0.3, 0.4) is 0 Å². The first-order valence-corrected chi connectivity index (χ1v) is 7.41. The summed E-state index contributed by atoms with van der Waals surface area (Å²) in [6, 6.07) is 9.52. The lowest BCUT2D eigenvalue weighted by molar-refractivity contribution is 0.389. The summed E-state index contributed by atoms with van der Waals surface area (Å²) in [6.07, 6.45) is 0.735. The highest BCUT2D eigenvalue weighted by Crippen LogP contribution is 2.16. The minimum Gasteiger partial charge on any atom is -0.326 e. The molecule has 0 radical (unpaired) electrons. The smallest absolute Gasteiger partial charge is 0.282 e. The van der Waals surface area contributed by atoms with E-state index in [0.29, 0.717) is 19.6 Å². The fraction of sp³-hybridized carbons (Fsp3) is 0.500. The predicted molar refractivity (Wildman–Crippen MR) is 71.0 cm³/mol. The van der Waals surface area contributed by atoms with Crippen molar-refractivity contribution in [3.05, 3.63) is 35.9 Å². The summed E-state index contributed by atoms with van der Waals surface area (Å²) in [5.74, 6) is 0. The Kier molecular flexibility index (Phi) is 4.01. The van der Waals surface area contributed by atoms with Crippen molar-refractivity contribution in [3.63, 3.8) is 0 Å². The molecule has 1 aromatic carbocycles. The molecule has 18 heavy (non-hydrogen) atoms. The van der Waals surface area contributed by atoms with E-state index in [9.17, 15) is 8.42 Å². The second-order valence-corrected chi connectivity index (χ2v) is 6.69. The molecule has 0 unspecified atom stereocenters. The molecule has 0 bridgehead atoms. The molecule has 2 rings (SSSR count).